The van der Waals surface area contributed by atoms with Gasteiger partial charge in [0.05, 0.1) is 0 Å². The Balaban J connectivity index is 2.54. The van der Waals surface area contributed by atoms with Gasteiger partial charge in [-0.05, 0) is 12.0 Å². The molecule has 0 saturated heterocycles. The van der Waals surface area contributed by atoms with Gasteiger partial charge in [-0.3, -0.25) is 5.10 Å². The third-order valence-corrected chi connectivity index (χ3v) is 2.20. The van der Waals surface area contributed by atoms with Crippen molar-refractivity contribution in [2.24, 2.45) is 0 Å². The van der Waals surface area contributed by atoms with Crippen LogP contribution in [0.4, 0.5) is 5.82 Å². The Bertz CT molecular complexity index is 446. The molecule has 0 aliphatic rings. The Morgan fingerprint density at radius 3 is 2.53 bits per heavy atom. The summed E-state index contributed by atoms with van der Waals surface area (Å²) < 4.78 is 0. The van der Waals surface area contributed by atoms with E-state index in [9.17, 15) is 0 Å². The second-order valence-electron chi connectivity index (χ2n) is 3.62. The third kappa shape index (κ3) is 1.68. The summed E-state index contributed by atoms with van der Waals surface area (Å²) in [5.41, 5.74) is 7.56. The molecular weight excluding hydrogens is 190 g/mol. The summed E-state index contributed by atoms with van der Waals surface area (Å²) in [5, 5.41) is 6.86. The smallest absolute Gasteiger partial charge is 0.177 e. The number of anilines is 1. The SMILES string of the molecule is CC(C)c1c(N)n[nH]c1-c1ncccn1. The van der Waals surface area contributed by atoms with Gasteiger partial charge >= 0.3 is 0 Å². The minimum atomic E-state index is 0.294. The van der Waals surface area contributed by atoms with E-state index < -0.39 is 0 Å². The van der Waals surface area contributed by atoms with Crippen LogP contribution in [0.2, 0.25) is 0 Å². The molecule has 3 N–H and O–H groups in total. The molecule has 5 heteroatoms. The fraction of sp³-hybridized carbons (Fsp3) is 0.300. The van der Waals surface area contributed by atoms with Crippen LogP contribution in [0.15, 0.2) is 18.5 Å². The molecule has 0 aliphatic carbocycles. The maximum absolute atomic E-state index is 5.78. The quantitative estimate of drug-likeness (QED) is 0.776. The summed E-state index contributed by atoms with van der Waals surface area (Å²) in [7, 11) is 0. The first-order valence-corrected chi connectivity index (χ1v) is 4.81. The molecule has 2 aromatic rings. The normalized spacial score (nSPS) is 10.9. The average molecular weight is 203 g/mol. The molecule has 5 nitrogen and oxygen atoms in total. The van der Waals surface area contributed by atoms with Crippen molar-refractivity contribution in [3.63, 3.8) is 0 Å². The maximum atomic E-state index is 5.78. The lowest BCUT2D eigenvalue weighted by molar-refractivity contribution is 0.870. The van der Waals surface area contributed by atoms with Crippen molar-refractivity contribution >= 4 is 5.82 Å². The molecule has 0 bridgehead atoms. The highest BCUT2D eigenvalue weighted by Gasteiger charge is 2.16. The van der Waals surface area contributed by atoms with Crippen LogP contribution in [0.5, 0.6) is 0 Å². The van der Waals surface area contributed by atoms with Gasteiger partial charge < -0.3 is 5.73 Å². The lowest BCUT2D eigenvalue weighted by Gasteiger charge is -2.05. The summed E-state index contributed by atoms with van der Waals surface area (Å²) in [5.74, 6) is 1.44. The topological polar surface area (TPSA) is 80.5 Å². The van der Waals surface area contributed by atoms with Gasteiger partial charge in [-0.15, -0.1) is 0 Å². The molecule has 0 aliphatic heterocycles. The number of aromatic nitrogens is 4. The number of nitrogens with zero attached hydrogens (tertiary/aromatic N) is 3. The van der Waals surface area contributed by atoms with Gasteiger partial charge in [-0.2, -0.15) is 5.10 Å². The molecule has 15 heavy (non-hydrogen) atoms. The fourth-order valence-electron chi connectivity index (χ4n) is 1.55. The molecule has 0 atom stereocenters. The molecule has 2 heterocycles. The van der Waals surface area contributed by atoms with Crippen LogP contribution >= 0.6 is 0 Å². The highest BCUT2D eigenvalue weighted by molar-refractivity contribution is 5.63. The van der Waals surface area contributed by atoms with E-state index in [1.807, 2.05) is 0 Å². The molecule has 0 aromatic carbocycles. The lowest BCUT2D eigenvalue weighted by atomic mass is 10.0. The Kier molecular flexibility index (Phi) is 2.37. The monoisotopic (exact) mass is 203 g/mol. The van der Waals surface area contributed by atoms with E-state index in [-0.39, 0.29) is 0 Å². The lowest BCUT2D eigenvalue weighted by Crippen LogP contribution is -1.97. The second-order valence-corrected chi connectivity index (χ2v) is 3.62. The van der Waals surface area contributed by atoms with Crippen molar-refractivity contribution < 1.29 is 0 Å². The first kappa shape index (κ1) is 9.64. The number of nitrogens with one attached hydrogen (secondary N) is 1. The van der Waals surface area contributed by atoms with Gasteiger partial charge in [-0.25, -0.2) is 9.97 Å². The number of H-pyrrole nitrogens is 1. The zero-order valence-corrected chi connectivity index (χ0v) is 8.73. The first-order chi connectivity index (χ1) is 7.20. The largest absolute Gasteiger partial charge is 0.382 e. The van der Waals surface area contributed by atoms with E-state index in [0.717, 1.165) is 11.3 Å². The van der Waals surface area contributed by atoms with Gasteiger partial charge in [-0.1, -0.05) is 13.8 Å². The number of rotatable bonds is 2. The van der Waals surface area contributed by atoms with Gasteiger partial charge in [0.15, 0.2) is 5.82 Å². The molecule has 0 radical (unpaired) electrons. The fourth-order valence-corrected chi connectivity index (χ4v) is 1.55. The number of nitrogens with two attached hydrogens (primary N) is 1. The van der Waals surface area contributed by atoms with E-state index in [4.69, 9.17) is 5.73 Å². The second kappa shape index (κ2) is 3.68. The zero-order valence-electron chi connectivity index (χ0n) is 8.73. The molecule has 0 amide bonds. The Labute approximate surface area is 87.8 Å². The molecule has 0 unspecified atom stereocenters. The van der Waals surface area contributed by atoms with Crippen molar-refractivity contribution in [3.05, 3.63) is 24.0 Å². The van der Waals surface area contributed by atoms with Crippen LogP contribution in [0.25, 0.3) is 11.5 Å². The summed E-state index contributed by atoms with van der Waals surface area (Å²) in [4.78, 5) is 8.33. The third-order valence-electron chi connectivity index (χ3n) is 2.20. The number of hydrogen-bond acceptors (Lipinski definition) is 4. The van der Waals surface area contributed by atoms with Gasteiger partial charge in [0.1, 0.15) is 11.5 Å². The van der Waals surface area contributed by atoms with Crippen molar-refractivity contribution in [2.75, 3.05) is 5.73 Å². The first-order valence-electron chi connectivity index (χ1n) is 4.81. The van der Waals surface area contributed by atoms with E-state index in [1.54, 1.807) is 18.5 Å². The molecule has 0 fully saturated rings. The van der Waals surface area contributed by atoms with Crippen molar-refractivity contribution in [1.29, 1.82) is 0 Å². The van der Waals surface area contributed by atoms with Crippen LogP contribution in [0, 0.1) is 0 Å². The number of hydrogen-bond donors (Lipinski definition) is 2. The summed E-state index contributed by atoms with van der Waals surface area (Å²) >= 11 is 0. The Hall–Kier alpha value is -1.91. The molecule has 0 spiro atoms. The van der Waals surface area contributed by atoms with Crippen LogP contribution in [0.3, 0.4) is 0 Å². The highest BCUT2D eigenvalue weighted by atomic mass is 15.2. The predicted molar refractivity (Wildman–Crippen MR) is 58.1 cm³/mol. The standard InChI is InChI=1S/C10H13N5/c1-6(2)7-8(14-15-9(7)11)10-12-4-3-5-13-10/h3-6H,1-2H3,(H3,11,14,15). The molecule has 2 aromatic heterocycles. The van der Waals surface area contributed by atoms with Gasteiger partial charge in [0.2, 0.25) is 0 Å². The minimum absolute atomic E-state index is 0.294. The van der Waals surface area contributed by atoms with Crippen LogP contribution in [0.1, 0.15) is 25.3 Å². The van der Waals surface area contributed by atoms with Crippen molar-refractivity contribution in [2.45, 2.75) is 19.8 Å². The molecule has 78 valence electrons. The minimum Gasteiger partial charge on any atom is -0.382 e. The highest BCUT2D eigenvalue weighted by Crippen LogP contribution is 2.28. The summed E-state index contributed by atoms with van der Waals surface area (Å²) in [6.07, 6.45) is 3.40. The number of aromatic amines is 1. The van der Waals surface area contributed by atoms with Crippen LogP contribution in [-0.4, -0.2) is 20.2 Å². The van der Waals surface area contributed by atoms with Crippen LogP contribution in [-0.2, 0) is 0 Å². The van der Waals surface area contributed by atoms with Crippen LogP contribution < -0.4 is 5.73 Å². The van der Waals surface area contributed by atoms with E-state index in [2.05, 4.69) is 34.0 Å². The van der Waals surface area contributed by atoms with Gasteiger partial charge in [0, 0.05) is 18.0 Å². The van der Waals surface area contributed by atoms with E-state index in [0.29, 0.717) is 17.6 Å². The zero-order chi connectivity index (χ0) is 10.8. The molecular formula is C10H13N5. The summed E-state index contributed by atoms with van der Waals surface area (Å²) in [6.45, 7) is 4.13. The van der Waals surface area contributed by atoms with Gasteiger partial charge in [0.25, 0.3) is 0 Å². The number of nitrogen functional groups attached to an aromatic ring is 1. The average Bonchev–Trinajstić information content (AvgIpc) is 2.61. The van der Waals surface area contributed by atoms with Crippen molar-refractivity contribution in [1.82, 2.24) is 20.2 Å². The van der Waals surface area contributed by atoms with E-state index >= 15 is 0 Å². The molecule has 2 rings (SSSR count). The maximum Gasteiger partial charge on any atom is 0.177 e. The summed E-state index contributed by atoms with van der Waals surface area (Å²) in [6, 6.07) is 1.78. The van der Waals surface area contributed by atoms with E-state index in [1.165, 1.54) is 0 Å². The Morgan fingerprint density at radius 1 is 1.27 bits per heavy atom. The molecule has 0 saturated carbocycles. The van der Waals surface area contributed by atoms with Crippen molar-refractivity contribution in [3.8, 4) is 11.5 Å². The predicted octanol–water partition coefficient (Wildman–Crippen LogP) is 1.57. The Morgan fingerprint density at radius 2 is 1.93 bits per heavy atom.